The quantitative estimate of drug-likeness (QED) is 0.648. The fraction of sp³-hybridized carbons (Fsp3) is 0.250. The molecule has 0 fully saturated rings. The number of hydrogen-bond donors (Lipinski definition) is 2. The zero-order valence-corrected chi connectivity index (χ0v) is 9.17. The van der Waals surface area contributed by atoms with Crippen molar-refractivity contribution in [2.24, 2.45) is 0 Å². The molecule has 0 spiro atoms. The average Bonchev–Trinajstić information content (AvgIpc) is 2.11. The lowest BCUT2D eigenvalue weighted by Gasteiger charge is -2.08. The highest BCUT2D eigenvalue weighted by molar-refractivity contribution is 8.00. The van der Waals surface area contributed by atoms with Crippen LogP contribution in [0.25, 0.3) is 0 Å². The summed E-state index contributed by atoms with van der Waals surface area (Å²) < 4.78 is 48.1. The first kappa shape index (κ1) is 13.3. The molecule has 0 unspecified atom stereocenters. The number of aromatic hydroxyl groups is 2. The van der Waals surface area contributed by atoms with Gasteiger partial charge in [-0.1, -0.05) is 23.5 Å². The molecule has 2 N–H and O–H groups in total. The summed E-state index contributed by atoms with van der Waals surface area (Å²) >= 11 is 0.0447. The largest absolute Gasteiger partial charge is 0.507 e. The van der Waals surface area contributed by atoms with Crippen LogP contribution in [0.15, 0.2) is 21.9 Å². The van der Waals surface area contributed by atoms with Crippen LogP contribution in [0, 0.1) is 0 Å². The molecule has 16 heavy (non-hydrogen) atoms. The zero-order chi connectivity index (χ0) is 12.3. The van der Waals surface area contributed by atoms with Gasteiger partial charge >= 0.3 is 0 Å². The summed E-state index contributed by atoms with van der Waals surface area (Å²) in [5.74, 6) is -6.69. The summed E-state index contributed by atoms with van der Waals surface area (Å²) in [5, 5.41) is 18.4. The lowest BCUT2D eigenvalue weighted by molar-refractivity contribution is 0.251. The first-order valence-electron chi connectivity index (χ1n) is 3.85. The van der Waals surface area contributed by atoms with Crippen molar-refractivity contribution in [2.45, 2.75) is 21.3 Å². The first-order valence-corrected chi connectivity index (χ1v) is 5.61. The highest BCUT2D eigenvalue weighted by Crippen LogP contribution is 2.42. The Bertz CT molecular complexity index is 342. The Morgan fingerprint density at radius 1 is 0.812 bits per heavy atom. The van der Waals surface area contributed by atoms with Gasteiger partial charge in [-0.15, -0.1) is 0 Å². The van der Waals surface area contributed by atoms with Gasteiger partial charge in [-0.25, -0.2) is 0 Å². The molecule has 0 atom stereocenters. The lowest BCUT2D eigenvalue weighted by atomic mass is 10.3. The third-order valence-electron chi connectivity index (χ3n) is 1.47. The van der Waals surface area contributed by atoms with E-state index in [1.54, 1.807) is 0 Å². The number of benzene rings is 1. The third-order valence-corrected chi connectivity index (χ3v) is 2.99. The third kappa shape index (κ3) is 3.67. The Labute approximate surface area is 96.7 Å². The fourth-order valence-electron chi connectivity index (χ4n) is 0.919. The van der Waals surface area contributed by atoms with E-state index in [4.69, 9.17) is 0 Å². The molecule has 0 amide bonds. The molecule has 0 aliphatic heterocycles. The van der Waals surface area contributed by atoms with Crippen molar-refractivity contribution >= 4 is 23.5 Å². The minimum atomic E-state index is -2.78. The maximum absolute atomic E-state index is 12.0. The fourth-order valence-corrected chi connectivity index (χ4v) is 2.11. The van der Waals surface area contributed by atoms with Crippen molar-refractivity contribution < 1.29 is 27.8 Å². The zero-order valence-electron chi connectivity index (χ0n) is 7.53. The van der Waals surface area contributed by atoms with Crippen LogP contribution in [0.3, 0.4) is 0 Å². The van der Waals surface area contributed by atoms with E-state index < -0.39 is 23.0 Å². The second-order valence-electron chi connectivity index (χ2n) is 2.54. The molecule has 0 saturated carbocycles. The van der Waals surface area contributed by atoms with Gasteiger partial charge in [-0.05, 0) is 6.07 Å². The van der Waals surface area contributed by atoms with Gasteiger partial charge in [0.05, 0.1) is 9.79 Å². The van der Waals surface area contributed by atoms with E-state index in [2.05, 4.69) is 0 Å². The summed E-state index contributed by atoms with van der Waals surface area (Å²) in [7, 11) is 0. The van der Waals surface area contributed by atoms with Crippen molar-refractivity contribution in [1.82, 2.24) is 0 Å². The topological polar surface area (TPSA) is 40.5 Å². The van der Waals surface area contributed by atoms with E-state index in [1.165, 1.54) is 0 Å². The predicted molar refractivity (Wildman–Crippen MR) is 53.5 cm³/mol. The van der Waals surface area contributed by atoms with Gasteiger partial charge in [0, 0.05) is 6.07 Å². The minimum Gasteiger partial charge on any atom is -0.507 e. The Morgan fingerprint density at radius 3 is 1.50 bits per heavy atom. The number of phenols is 2. The SMILES string of the molecule is Oc1cc(O)c(SC(F)F)cc1SC(F)F. The van der Waals surface area contributed by atoms with E-state index in [9.17, 15) is 27.8 Å². The van der Waals surface area contributed by atoms with Gasteiger partial charge in [0.1, 0.15) is 11.5 Å². The van der Waals surface area contributed by atoms with Gasteiger partial charge < -0.3 is 10.2 Å². The molecule has 0 bridgehead atoms. The van der Waals surface area contributed by atoms with Crippen molar-refractivity contribution in [3.05, 3.63) is 12.1 Å². The number of hydrogen-bond acceptors (Lipinski definition) is 4. The van der Waals surface area contributed by atoms with Gasteiger partial charge in [-0.3, -0.25) is 0 Å². The van der Waals surface area contributed by atoms with Crippen LogP contribution >= 0.6 is 23.5 Å². The van der Waals surface area contributed by atoms with Crippen molar-refractivity contribution in [3.63, 3.8) is 0 Å². The number of phenolic OH excluding ortho intramolecular Hbond substituents is 2. The van der Waals surface area contributed by atoms with Gasteiger partial charge in [-0.2, -0.15) is 17.6 Å². The average molecular weight is 274 g/mol. The molecular formula is C8H6F4O2S2. The standard InChI is InChI=1S/C8H6F4O2S2/c9-7(10)15-5-2-6(16-8(11)12)4(14)1-3(5)13/h1-2,7-8,13-14H. The van der Waals surface area contributed by atoms with Crippen molar-refractivity contribution in [3.8, 4) is 11.5 Å². The maximum Gasteiger partial charge on any atom is 0.289 e. The maximum atomic E-state index is 12.0. The Morgan fingerprint density at radius 2 is 1.19 bits per heavy atom. The lowest BCUT2D eigenvalue weighted by Crippen LogP contribution is -1.87. The Kier molecular flexibility index (Phi) is 4.60. The normalized spacial score (nSPS) is 11.4. The molecule has 0 aromatic heterocycles. The number of alkyl halides is 4. The predicted octanol–water partition coefficient (Wildman–Crippen LogP) is 3.73. The molecular weight excluding hydrogens is 268 g/mol. The van der Waals surface area contributed by atoms with E-state index in [0.29, 0.717) is 0 Å². The molecule has 0 aliphatic carbocycles. The number of halogens is 4. The van der Waals surface area contributed by atoms with E-state index in [-0.39, 0.29) is 33.3 Å². The van der Waals surface area contributed by atoms with E-state index in [1.807, 2.05) is 0 Å². The second kappa shape index (κ2) is 5.53. The van der Waals surface area contributed by atoms with Gasteiger partial charge in [0.15, 0.2) is 0 Å². The van der Waals surface area contributed by atoms with Crippen LogP contribution in [0.4, 0.5) is 17.6 Å². The van der Waals surface area contributed by atoms with Gasteiger partial charge in [0.2, 0.25) is 0 Å². The Hall–Kier alpha value is -0.760. The Balaban J connectivity index is 3.01. The van der Waals surface area contributed by atoms with Crippen LogP contribution in [-0.2, 0) is 0 Å². The van der Waals surface area contributed by atoms with E-state index >= 15 is 0 Å². The van der Waals surface area contributed by atoms with Gasteiger partial charge in [0.25, 0.3) is 11.5 Å². The van der Waals surface area contributed by atoms with Crippen LogP contribution in [0.5, 0.6) is 11.5 Å². The molecule has 0 radical (unpaired) electrons. The van der Waals surface area contributed by atoms with Crippen molar-refractivity contribution in [1.29, 1.82) is 0 Å². The summed E-state index contributed by atoms with van der Waals surface area (Å²) in [6.07, 6.45) is 0. The molecule has 1 rings (SSSR count). The molecule has 90 valence electrons. The molecule has 0 aliphatic rings. The molecule has 8 heteroatoms. The highest BCUT2D eigenvalue weighted by Gasteiger charge is 2.16. The van der Waals surface area contributed by atoms with Crippen LogP contribution in [0.2, 0.25) is 0 Å². The molecule has 1 aromatic rings. The molecule has 0 heterocycles. The molecule has 2 nitrogen and oxygen atoms in total. The van der Waals surface area contributed by atoms with Crippen LogP contribution in [0.1, 0.15) is 0 Å². The minimum absolute atomic E-state index is 0.0223. The highest BCUT2D eigenvalue weighted by atomic mass is 32.2. The molecule has 1 aromatic carbocycles. The summed E-state index contributed by atoms with van der Waals surface area (Å²) in [5.41, 5.74) is 0. The first-order chi connectivity index (χ1) is 7.40. The molecule has 0 saturated heterocycles. The van der Waals surface area contributed by atoms with Crippen molar-refractivity contribution in [2.75, 3.05) is 0 Å². The number of thioether (sulfide) groups is 2. The number of rotatable bonds is 4. The smallest absolute Gasteiger partial charge is 0.289 e. The van der Waals surface area contributed by atoms with Crippen LogP contribution < -0.4 is 0 Å². The second-order valence-corrected chi connectivity index (χ2v) is 4.61. The summed E-state index contributed by atoms with van der Waals surface area (Å²) in [4.78, 5) is -0.507. The summed E-state index contributed by atoms with van der Waals surface area (Å²) in [6, 6.07) is 1.66. The summed E-state index contributed by atoms with van der Waals surface area (Å²) in [6.45, 7) is 0. The monoisotopic (exact) mass is 274 g/mol. The van der Waals surface area contributed by atoms with E-state index in [0.717, 1.165) is 12.1 Å². The van der Waals surface area contributed by atoms with Crippen LogP contribution in [-0.4, -0.2) is 21.7 Å².